The molecule has 0 spiro atoms. The summed E-state index contributed by atoms with van der Waals surface area (Å²) in [7, 11) is -9.54. The van der Waals surface area contributed by atoms with E-state index in [2.05, 4.69) is 4.74 Å². The molecule has 25 heteroatoms. The minimum atomic E-state index is -7.97. The van der Waals surface area contributed by atoms with Crippen LogP contribution >= 0.6 is 0 Å². The standard InChI is InChI=1S/C16H8F15NO7S2/c17-10(18)12(21,22)14(25,26)15(27,28)13(23,24)11(19,20)5-39-9(33)4-41(37,38)8-2-1-6(3-7(8)32(34)35)40(36)16(29,30)31/h1-3,10H,4-5H2. The van der Waals surface area contributed by atoms with Crippen LogP contribution in [-0.4, -0.2) is 77.4 Å². The summed E-state index contributed by atoms with van der Waals surface area (Å²) >= 11 is 0. The molecule has 0 heterocycles. The fraction of sp³-hybridized carbons (Fsp3) is 0.562. The number of sulfone groups is 1. The van der Waals surface area contributed by atoms with Crippen molar-refractivity contribution in [2.45, 2.75) is 51.3 Å². The first-order valence-corrected chi connectivity index (χ1v) is 12.1. The van der Waals surface area contributed by atoms with E-state index in [1.807, 2.05) is 0 Å². The van der Waals surface area contributed by atoms with Gasteiger partial charge in [-0.2, -0.15) is 57.1 Å². The van der Waals surface area contributed by atoms with Crippen molar-refractivity contribution < 1.29 is 92.9 Å². The summed E-state index contributed by atoms with van der Waals surface area (Å²) in [6.07, 6.45) is -5.78. The summed E-state index contributed by atoms with van der Waals surface area (Å²) in [6.45, 7) is -3.48. The van der Waals surface area contributed by atoms with E-state index in [-0.39, 0.29) is 18.2 Å². The maximum atomic E-state index is 13.7. The maximum Gasteiger partial charge on any atom is 0.475 e. The van der Waals surface area contributed by atoms with Gasteiger partial charge in [0.2, 0.25) is 0 Å². The van der Waals surface area contributed by atoms with Gasteiger partial charge in [-0.1, -0.05) is 0 Å². The number of benzene rings is 1. The van der Waals surface area contributed by atoms with Crippen LogP contribution in [0.2, 0.25) is 0 Å². The van der Waals surface area contributed by atoms with Crippen molar-refractivity contribution in [2.75, 3.05) is 12.4 Å². The van der Waals surface area contributed by atoms with Crippen LogP contribution in [0.5, 0.6) is 0 Å². The Morgan fingerprint density at radius 3 is 1.80 bits per heavy atom. The highest BCUT2D eigenvalue weighted by molar-refractivity contribution is 7.92. The maximum absolute atomic E-state index is 13.7. The number of esters is 1. The molecule has 236 valence electrons. The second kappa shape index (κ2) is 11.1. The van der Waals surface area contributed by atoms with Crippen LogP contribution in [0.25, 0.3) is 0 Å². The molecule has 0 aliphatic heterocycles. The number of ether oxygens (including phenoxy) is 1. The lowest BCUT2D eigenvalue weighted by Gasteiger charge is -2.38. The average molecular weight is 675 g/mol. The van der Waals surface area contributed by atoms with Crippen LogP contribution in [-0.2, 0) is 30.2 Å². The van der Waals surface area contributed by atoms with Crippen molar-refractivity contribution in [1.82, 2.24) is 0 Å². The molecule has 0 aliphatic rings. The largest absolute Gasteiger partial charge is 0.475 e. The first-order valence-electron chi connectivity index (χ1n) is 9.31. The molecule has 8 nitrogen and oxygen atoms in total. The van der Waals surface area contributed by atoms with Gasteiger partial charge in [0.1, 0.15) is 4.90 Å². The monoisotopic (exact) mass is 675 g/mol. The third-order valence-electron chi connectivity index (χ3n) is 4.55. The molecule has 1 aromatic rings. The number of carbonyl (C=O) groups is 1. The smallest absolute Gasteiger partial charge is 0.458 e. The van der Waals surface area contributed by atoms with E-state index in [0.29, 0.717) is 0 Å². The first kappa shape index (κ1) is 36.2. The van der Waals surface area contributed by atoms with Gasteiger partial charge in [0.15, 0.2) is 33.0 Å². The minimum absolute atomic E-state index is 0.0334. The van der Waals surface area contributed by atoms with E-state index in [0.717, 1.165) is 0 Å². The Hall–Kier alpha value is -2.86. The zero-order chi connectivity index (χ0) is 32.8. The van der Waals surface area contributed by atoms with Crippen LogP contribution < -0.4 is 0 Å². The number of hydrogen-bond acceptors (Lipinski definition) is 7. The van der Waals surface area contributed by atoms with Crippen molar-refractivity contribution in [2.24, 2.45) is 0 Å². The van der Waals surface area contributed by atoms with Crippen molar-refractivity contribution in [1.29, 1.82) is 0 Å². The Kier molecular flexibility index (Phi) is 9.78. The number of nitro benzene ring substituents is 1. The number of nitrogens with zero attached hydrogens (tertiary/aromatic N) is 1. The van der Waals surface area contributed by atoms with E-state index in [9.17, 15) is 93.4 Å². The van der Waals surface area contributed by atoms with Gasteiger partial charge in [-0.05, 0) is 12.1 Å². The molecule has 41 heavy (non-hydrogen) atoms. The van der Waals surface area contributed by atoms with Gasteiger partial charge < -0.3 is 4.74 Å². The number of rotatable bonds is 12. The normalized spacial score (nSPS) is 15.1. The highest BCUT2D eigenvalue weighted by atomic mass is 32.2. The van der Waals surface area contributed by atoms with Crippen LogP contribution in [0, 0.1) is 10.1 Å². The fourth-order valence-corrected chi connectivity index (χ4v) is 4.42. The van der Waals surface area contributed by atoms with Gasteiger partial charge in [-0.3, -0.25) is 14.9 Å². The molecule has 0 radical (unpaired) electrons. The van der Waals surface area contributed by atoms with Gasteiger partial charge in [-0.25, -0.2) is 21.4 Å². The fourth-order valence-electron chi connectivity index (χ4n) is 2.46. The number of alkyl halides is 15. The van der Waals surface area contributed by atoms with Crippen molar-refractivity contribution >= 4 is 32.3 Å². The molecular formula is C16H8F15NO7S2. The summed E-state index contributed by atoms with van der Waals surface area (Å²) in [4.78, 5) is 17.9. The number of hydrogen-bond donors (Lipinski definition) is 0. The molecule has 0 saturated carbocycles. The lowest BCUT2D eigenvalue weighted by molar-refractivity contribution is -0.414. The summed E-state index contributed by atoms with van der Waals surface area (Å²) in [5.74, 6) is -42.7. The molecule has 1 atom stereocenters. The zero-order valence-electron chi connectivity index (χ0n) is 18.5. The summed E-state index contributed by atoms with van der Waals surface area (Å²) < 4.78 is 234. The van der Waals surface area contributed by atoms with Crippen LogP contribution in [0.1, 0.15) is 0 Å². The Labute approximate surface area is 217 Å². The highest BCUT2D eigenvalue weighted by Crippen LogP contribution is 2.58. The summed E-state index contributed by atoms with van der Waals surface area (Å²) in [5, 5.41) is 11.1. The van der Waals surface area contributed by atoms with Gasteiger partial charge in [0.05, 0.1) is 9.82 Å². The second-order valence-electron chi connectivity index (χ2n) is 7.37. The topological polar surface area (TPSA) is 121 Å². The average Bonchev–Trinajstić information content (AvgIpc) is 2.80. The second-order valence-corrected chi connectivity index (χ2v) is 10.8. The predicted molar refractivity (Wildman–Crippen MR) is 99.3 cm³/mol. The molecule has 0 bridgehead atoms. The number of carbonyl (C=O) groups excluding carboxylic acids is 1. The Morgan fingerprint density at radius 2 is 1.39 bits per heavy atom. The van der Waals surface area contributed by atoms with E-state index in [4.69, 9.17) is 0 Å². The van der Waals surface area contributed by atoms with E-state index < -0.39 is 101 Å². The van der Waals surface area contributed by atoms with Gasteiger partial charge >= 0.3 is 47.5 Å². The van der Waals surface area contributed by atoms with Crippen LogP contribution in [0.4, 0.5) is 71.5 Å². The first-order chi connectivity index (χ1) is 18.0. The lowest BCUT2D eigenvalue weighted by atomic mass is 9.94. The number of halogens is 15. The third kappa shape index (κ3) is 6.63. The third-order valence-corrected chi connectivity index (χ3v) is 7.28. The summed E-state index contributed by atoms with van der Waals surface area (Å²) in [5.41, 5.74) is -7.31. The molecular weight excluding hydrogens is 667 g/mol. The molecule has 1 unspecified atom stereocenters. The van der Waals surface area contributed by atoms with Crippen molar-refractivity contribution in [3.05, 3.63) is 28.3 Å². The molecule has 0 saturated heterocycles. The van der Waals surface area contributed by atoms with Crippen molar-refractivity contribution in [3.8, 4) is 0 Å². The van der Waals surface area contributed by atoms with Gasteiger partial charge in [-0.15, -0.1) is 0 Å². The van der Waals surface area contributed by atoms with E-state index in [1.54, 1.807) is 0 Å². The molecule has 0 aromatic heterocycles. The molecule has 0 amide bonds. The van der Waals surface area contributed by atoms with Crippen LogP contribution in [0.15, 0.2) is 28.0 Å². The zero-order valence-corrected chi connectivity index (χ0v) is 20.1. The molecule has 0 N–H and O–H groups in total. The Balaban J connectivity index is 3.27. The predicted octanol–water partition coefficient (Wildman–Crippen LogP) is 4.98. The molecule has 1 aromatic carbocycles. The quantitative estimate of drug-likeness (QED) is 0.133. The van der Waals surface area contributed by atoms with Crippen LogP contribution in [0.3, 0.4) is 0 Å². The SMILES string of the molecule is O=C(CS(=O)(=O)c1ccc(S(=O)C(F)(F)F)cc1[N+](=O)[O-])OCC(F)(F)C(F)(F)C(F)(F)C(F)(F)C(F)(F)C(F)F. The van der Waals surface area contributed by atoms with Gasteiger partial charge in [0, 0.05) is 6.07 Å². The molecule has 0 fully saturated rings. The Bertz CT molecular complexity index is 1310. The van der Waals surface area contributed by atoms with Crippen molar-refractivity contribution in [3.63, 3.8) is 0 Å². The summed E-state index contributed by atoms with van der Waals surface area (Å²) in [6, 6.07) is -0.150. The van der Waals surface area contributed by atoms with E-state index >= 15 is 0 Å². The molecule has 0 aliphatic carbocycles. The number of nitro groups is 1. The highest BCUT2D eigenvalue weighted by Gasteiger charge is 2.87. The van der Waals surface area contributed by atoms with E-state index in [1.165, 1.54) is 0 Å². The lowest BCUT2D eigenvalue weighted by Crippen LogP contribution is -2.69. The molecule has 1 rings (SSSR count). The minimum Gasteiger partial charge on any atom is -0.458 e. The van der Waals surface area contributed by atoms with Gasteiger partial charge in [0.25, 0.3) is 5.69 Å². The Morgan fingerprint density at radius 1 is 0.902 bits per heavy atom.